The third-order valence-corrected chi connectivity index (χ3v) is 2.64. The van der Waals surface area contributed by atoms with E-state index in [1.807, 2.05) is 0 Å². The predicted octanol–water partition coefficient (Wildman–Crippen LogP) is 2.70. The monoisotopic (exact) mass is 231 g/mol. The van der Waals surface area contributed by atoms with Crippen LogP contribution in [0.1, 0.15) is 33.1 Å². The van der Waals surface area contributed by atoms with Crippen molar-refractivity contribution in [1.29, 1.82) is 0 Å². The minimum absolute atomic E-state index is 0.237. The first-order valence-electron chi connectivity index (χ1n) is 5.19. The summed E-state index contributed by atoms with van der Waals surface area (Å²) >= 11 is 5.57. The molecule has 1 aromatic heterocycles. The van der Waals surface area contributed by atoms with Gasteiger partial charge in [0.25, 0.3) is 0 Å². The summed E-state index contributed by atoms with van der Waals surface area (Å²) < 4.78 is 5.35. The Morgan fingerprint density at radius 1 is 1.40 bits per heavy atom. The highest BCUT2D eigenvalue weighted by Gasteiger charge is 2.16. The van der Waals surface area contributed by atoms with Gasteiger partial charge in [0.1, 0.15) is 0 Å². The quantitative estimate of drug-likeness (QED) is 0.765. The van der Waals surface area contributed by atoms with Crippen LogP contribution in [0, 0.1) is 5.41 Å². The van der Waals surface area contributed by atoms with E-state index in [-0.39, 0.29) is 5.41 Å². The average Bonchev–Trinajstić information content (AvgIpc) is 2.64. The molecule has 5 heteroatoms. The van der Waals surface area contributed by atoms with E-state index in [2.05, 4.69) is 36.3 Å². The van der Waals surface area contributed by atoms with Crippen molar-refractivity contribution in [2.24, 2.45) is 5.41 Å². The number of halogens is 1. The van der Waals surface area contributed by atoms with Crippen LogP contribution in [0.5, 0.6) is 0 Å². The Balaban J connectivity index is 2.44. The van der Waals surface area contributed by atoms with Crippen LogP contribution in [0.4, 0.5) is 6.01 Å². The zero-order valence-corrected chi connectivity index (χ0v) is 10.3. The van der Waals surface area contributed by atoms with Crippen molar-refractivity contribution >= 4 is 17.6 Å². The Labute approximate surface area is 95.4 Å². The molecule has 15 heavy (non-hydrogen) atoms. The van der Waals surface area contributed by atoms with E-state index in [9.17, 15) is 0 Å². The lowest BCUT2D eigenvalue weighted by Crippen LogP contribution is -2.22. The van der Waals surface area contributed by atoms with E-state index in [1.165, 1.54) is 0 Å². The number of aryl methyl sites for hydroxylation is 1. The van der Waals surface area contributed by atoms with Gasteiger partial charge in [0.15, 0.2) is 0 Å². The molecule has 0 aliphatic heterocycles. The van der Waals surface area contributed by atoms with Crippen LogP contribution in [0.25, 0.3) is 0 Å². The summed E-state index contributed by atoms with van der Waals surface area (Å²) in [5.74, 6) is 1.09. The minimum Gasteiger partial charge on any atom is -0.408 e. The van der Waals surface area contributed by atoms with Gasteiger partial charge in [-0.1, -0.05) is 25.9 Å². The Bertz CT molecular complexity index is 299. The Kier molecular flexibility index (Phi) is 4.39. The summed E-state index contributed by atoms with van der Waals surface area (Å²) in [7, 11) is 0. The molecule has 1 aromatic rings. The van der Waals surface area contributed by atoms with Gasteiger partial charge in [-0.15, -0.1) is 16.7 Å². The van der Waals surface area contributed by atoms with Crippen LogP contribution < -0.4 is 5.32 Å². The maximum Gasteiger partial charge on any atom is 0.315 e. The van der Waals surface area contributed by atoms with Gasteiger partial charge in [-0.05, 0) is 11.8 Å². The van der Waals surface area contributed by atoms with Crippen LogP contribution in [0.2, 0.25) is 0 Å². The first-order chi connectivity index (χ1) is 7.07. The van der Waals surface area contributed by atoms with E-state index in [0.717, 1.165) is 13.0 Å². The van der Waals surface area contributed by atoms with Crippen molar-refractivity contribution < 1.29 is 4.42 Å². The standard InChI is InChI=1S/C10H18ClN3O/c1-4-10(2,3)7-12-9-14-13-8(15-9)5-6-11/h4-7H2,1-3H3,(H,12,14). The lowest BCUT2D eigenvalue weighted by molar-refractivity contribution is 0.371. The third-order valence-electron chi connectivity index (χ3n) is 2.45. The maximum absolute atomic E-state index is 5.57. The molecule has 1 rings (SSSR count). The first-order valence-corrected chi connectivity index (χ1v) is 5.73. The lowest BCUT2D eigenvalue weighted by Gasteiger charge is -2.21. The molecule has 86 valence electrons. The molecule has 4 nitrogen and oxygen atoms in total. The molecule has 0 fully saturated rings. The molecule has 0 unspecified atom stereocenters. The molecule has 0 bridgehead atoms. The minimum atomic E-state index is 0.237. The summed E-state index contributed by atoms with van der Waals surface area (Å²) in [6.07, 6.45) is 1.72. The molecular weight excluding hydrogens is 214 g/mol. The van der Waals surface area contributed by atoms with Gasteiger partial charge < -0.3 is 9.73 Å². The van der Waals surface area contributed by atoms with E-state index in [1.54, 1.807) is 0 Å². The number of alkyl halides is 1. The van der Waals surface area contributed by atoms with E-state index < -0.39 is 0 Å². The molecule has 0 saturated heterocycles. The van der Waals surface area contributed by atoms with E-state index >= 15 is 0 Å². The average molecular weight is 232 g/mol. The fraction of sp³-hybridized carbons (Fsp3) is 0.800. The molecular formula is C10H18ClN3O. The van der Waals surface area contributed by atoms with Gasteiger partial charge in [0.2, 0.25) is 5.89 Å². The second-order valence-electron chi connectivity index (χ2n) is 4.31. The predicted molar refractivity (Wildman–Crippen MR) is 61.3 cm³/mol. The summed E-state index contributed by atoms with van der Waals surface area (Å²) in [4.78, 5) is 0. The molecule has 0 spiro atoms. The molecule has 0 aromatic carbocycles. The molecule has 1 heterocycles. The zero-order chi connectivity index (χ0) is 11.3. The van der Waals surface area contributed by atoms with Crippen molar-refractivity contribution in [3.05, 3.63) is 5.89 Å². The SMILES string of the molecule is CCC(C)(C)CNc1nnc(CCCl)o1. The highest BCUT2D eigenvalue weighted by molar-refractivity contribution is 6.17. The fourth-order valence-electron chi connectivity index (χ4n) is 0.947. The summed E-state index contributed by atoms with van der Waals surface area (Å²) in [6.45, 7) is 7.37. The van der Waals surface area contributed by atoms with Gasteiger partial charge in [0, 0.05) is 18.8 Å². The Morgan fingerprint density at radius 3 is 2.73 bits per heavy atom. The normalized spacial score (nSPS) is 11.7. The van der Waals surface area contributed by atoms with Crippen LogP contribution in [-0.4, -0.2) is 22.6 Å². The van der Waals surface area contributed by atoms with E-state index in [0.29, 0.717) is 24.2 Å². The zero-order valence-electron chi connectivity index (χ0n) is 9.51. The smallest absolute Gasteiger partial charge is 0.315 e. The van der Waals surface area contributed by atoms with Crippen LogP contribution >= 0.6 is 11.6 Å². The van der Waals surface area contributed by atoms with E-state index in [4.69, 9.17) is 16.0 Å². The van der Waals surface area contributed by atoms with Crippen molar-refractivity contribution in [3.63, 3.8) is 0 Å². The molecule has 0 atom stereocenters. The first kappa shape index (κ1) is 12.3. The van der Waals surface area contributed by atoms with Crippen LogP contribution in [0.3, 0.4) is 0 Å². The fourth-order valence-corrected chi connectivity index (χ4v) is 1.11. The van der Waals surface area contributed by atoms with Crippen molar-refractivity contribution in [2.45, 2.75) is 33.6 Å². The number of nitrogens with one attached hydrogen (secondary N) is 1. The Hall–Kier alpha value is -0.770. The molecule has 0 amide bonds. The Morgan fingerprint density at radius 2 is 2.13 bits per heavy atom. The third kappa shape index (κ3) is 4.08. The molecule has 1 N–H and O–H groups in total. The summed E-state index contributed by atoms with van der Waals surface area (Å²) in [5, 5.41) is 10.9. The number of hydrogen-bond donors (Lipinski definition) is 1. The number of anilines is 1. The largest absolute Gasteiger partial charge is 0.408 e. The van der Waals surface area contributed by atoms with Gasteiger partial charge in [0.05, 0.1) is 0 Å². The number of rotatable bonds is 6. The highest BCUT2D eigenvalue weighted by Crippen LogP contribution is 2.20. The topological polar surface area (TPSA) is 51.0 Å². The molecule has 0 radical (unpaired) electrons. The van der Waals surface area contributed by atoms with Gasteiger partial charge in [-0.3, -0.25) is 0 Å². The number of hydrogen-bond acceptors (Lipinski definition) is 4. The molecule has 0 aliphatic rings. The second-order valence-corrected chi connectivity index (χ2v) is 4.69. The highest BCUT2D eigenvalue weighted by atomic mass is 35.5. The van der Waals surface area contributed by atoms with Gasteiger partial charge in [-0.25, -0.2) is 0 Å². The molecule has 0 saturated carbocycles. The van der Waals surface area contributed by atoms with Crippen molar-refractivity contribution in [1.82, 2.24) is 10.2 Å². The lowest BCUT2D eigenvalue weighted by atomic mass is 9.90. The summed E-state index contributed by atoms with van der Waals surface area (Å²) in [6, 6.07) is 0.483. The maximum atomic E-state index is 5.57. The van der Waals surface area contributed by atoms with Crippen molar-refractivity contribution in [3.8, 4) is 0 Å². The number of aromatic nitrogens is 2. The second kappa shape index (κ2) is 5.35. The van der Waals surface area contributed by atoms with Crippen LogP contribution in [-0.2, 0) is 6.42 Å². The van der Waals surface area contributed by atoms with Crippen LogP contribution in [0.15, 0.2) is 4.42 Å². The molecule has 0 aliphatic carbocycles. The van der Waals surface area contributed by atoms with Gasteiger partial charge in [-0.2, -0.15) is 0 Å². The van der Waals surface area contributed by atoms with Crippen molar-refractivity contribution in [2.75, 3.05) is 17.7 Å². The van der Waals surface area contributed by atoms with Gasteiger partial charge >= 0.3 is 6.01 Å². The number of nitrogens with zero attached hydrogens (tertiary/aromatic N) is 2. The summed E-state index contributed by atoms with van der Waals surface area (Å²) in [5.41, 5.74) is 0.237.